The van der Waals surface area contributed by atoms with Gasteiger partial charge in [0.1, 0.15) is 19.8 Å². The zero-order valence-electron chi connectivity index (χ0n) is 36.5. The number of carbonyl (C=O) groups excluding carboxylic acids is 2. The second kappa shape index (κ2) is 36.9. The van der Waals surface area contributed by atoms with Gasteiger partial charge < -0.3 is 29.1 Å². The number of rotatable bonds is 39. The summed E-state index contributed by atoms with van der Waals surface area (Å²) in [6.45, 7) is 4.05. The van der Waals surface area contributed by atoms with Crippen LogP contribution in [-0.4, -0.2) is 97.3 Å². The molecule has 3 N–H and O–H groups in total. The number of hydrogen-bond acceptors (Lipinski definition) is 9. The topological polar surface area (TPSA) is 149 Å². The number of quaternary nitrogens is 1. The summed E-state index contributed by atoms with van der Waals surface area (Å²) in [6.07, 6.45) is 35.1. The number of ether oxygens (including phenoxy) is 2. The van der Waals surface area contributed by atoms with Gasteiger partial charge in [0.2, 0.25) is 0 Å². The van der Waals surface area contributed by atoms with E-state index in [9.17, 15) is 29.3 Å². The molecule has 0 amide bonds. The van der Waals surface area contributed by atoms with Gasteiger partial charge in [0.25, 0.3) is 0 Å². The number of unbranched alkanes of at least 4 members (excludes halogenated alkanes) is 15. The molecule has 0 aromatic carbocycles. The van der Waals surface area contributed by atoms with E-state index in [1.54, 1.807) is 18.2 Å². The van der Waals surface area contributed by atoms with Crippen molar-refractivity contribution in [1.29, 1.82) is 0 Å². The van der Waals surface area contributed by atoms with Crippen LogP contribution in [0, 0.1) is 0 Å². The van der Waals surface area contributed by atoms with Crippen molar-refractivity contribution in [2.24, 2.45) is 0 Å². The van der Waals surface area contributed by atoms with Gasteiger partial charge in [0, 0.05) is 12.8 Å². The van der Waals surface area contributed by atoms with Crippen molar-refractivity contribution in [3.63, 3.8) is 0 Å². The first-order chi connectivity index (χ1) is 27.3. The Hall–Kier alpha value is -2.11. The standard InChI is InChI=1S/C45H82NO10P/c1-6-8-10-11-12-13-14-15-16-17-18-22-25-29-35-44(49)53-39-43(40-55-57(51,52)54-38-37-46(3,4)5)56-45(50)36-30-34-42(48)33-28-24-21-19-20-23-27-32-41(47)31-26-9-7-2/h20-21,23-24,27-28,32-33,41-43,47-48H,6-19,22,25-26,29-31,34-40H2,1-5H3/p+1/b23-20-,24-21-,32-27+,33-28+/t41-,42-,43-/m1/s1. The van der Waals surface area contributed by atoms with Gasteiger partial charge in [0.15, 0.2) is 6.10 Å². The molecule has 0 heterocycles. The van der Waals surface area contributed by atoms with Crippen LogP contribution in [0.1, 0.15) is 162 Å². The highest BCUT2D eigenvalue weighted by molar-refractivity contribution is 7.47. The van der Waals surface area contributed by atoms with Crippen molar-refractivity contribution < 1.29 is 52.3 Å². The Balaban J connectivity index is 4.61. The normalized spacial score (nSPS) is 15.2. The van der Waals surface area contributed by atoms with Crippen LogP contribution in [0.2, 0.25) is 0 Å². The largest absolute Gasteiger partial charge is 0.472 e. The summed E-state index contributed by atoms with van der Waals surface area (Å²) in [4.78, 5) is 35.4. The van der Waals surface area contributed by atoms with Gasteiger partial charge in [-0.15, -0.1) is 0 Å². The molecule has 0 rings (SSSR count). The molecule has 0 spiro atoms. The third-order valence-electron chi connectivity index (χ3n) is 9.32. The van der Waals surface area contributed by atoms with Crippen molar-refractivity contribution in [1.82, 2.24) is 0 Å². The summed E-state index contributed by atoms with van der Waals surface area (Å²) >= 11 is 0. The molecule has 0 aliphatic rings. The lowest BCUT2D eigenvalue weighted by atomic mass is 10.0. The number of phosphoric acid groups is 1. The molecule has 0 saturated heterocycles. The molecular formula is C45H83NO10P+. The van der Waals surface area contributed by atoms with Crippen LogP contribution in [0.25, 0.3) is 0 Å². The molecule has 0 saturated carbocycles. The Labute approximate surface area is 347 Å². The minimum Gasteiger partial charge on any atom is -0.462 e. The Morgan fingerprint density at radius 1 is 0.614 bits per heavy atom. The average molecular weight is 829 g/mol. The van der Waals surface area contributed by atoms with Crippen LogP contribution < -0.4 is 0 Å². The molecule has 0 bridgehead atoms. The molecule has 332 valence electrons. The van der Waals surface area contributed by atoms with Gasteiger partial charge in [-0.1, -0.05) is 165 Å². The zero-order chi connectivity index (χ0) is 42.5. The highest BCUT2D eigenvalue weighted by Crippen LogP contribution is 2.43. The van der Waals surface area contributed by atoms with E-state index in [2.05, 4.69) is 13.8 Å². The number of allylic oxidation sites excluding steroid dienone is 6. The molecule has 1 unspecified atom stereocenters. The molecule has 0 aliphatic carbocycles. The molecule has 57 heavy (non-hydrogen) atoms. The SMILES string of the molecule is CCCCCCCCCCCCCCCCC(=O)OC[C@H](COP(=O)(O)OCC[N+](C)(C)C)OC(=O)CCC[C@H](O)/C=C/C=C\C/C=C\C=C\[C@H](O)CCCCC. The summed E-state index contributed by atoms with van der Waals surface area (Å²) in [6, 6.07) is 0. The molecule has 12 heteroatoms. The second-order valence-corrected chi connectivity index (χ2v) is 17.6. The van der Waals surface area contributed by atoms with E-state index in [1.807, 2.05) is 51.5 Å². The monoisotopic (exact) mass is 829 g/mol. The lowest BCUT2D eigenvalue weighted by Gasteiger charge is -2.24. The molecule has 0 aromatic heterocycles. The Kier molecular flexibility index (Phi) is 35.6. The Morgan fingerprint density at radius 3 is 1.61 bits per heavy atom. The van der Waals surface area contributed by atoms with Crippen LogP contribution >= 0.6 is 7.82 Å². The van der Waals surface area contributed by atoms with Gasteiger partial charge in [-0.3, -0.25) is 18.6 Å². The third-order valence-corrected chi connectivity index (χ3v) is 10.3. The minimum absolute atomic E-state index is 0.00731. The van der Waals surface area contributed by atoms with E-state index in [0.29, 0.717) is 36.7 Å². The van der Waals surface area contributed by atoms with Gasteiger partial charge in [-0.25, -0.2) is 4.57 Å². The number of aliphatic hydroxyl groups excluding tert-OH is 2. The smallest absolute Gasteiger partial charge is 0.462 e. The predicted octanol–water partition coefficient (Wildman–Crippen LogP) is 10.2. The first-order valence-corrected chi connectivity index (χ1v) is 23.6. The second-order valence-electron chi connectivity index (χ2n) is 16.1. The third kappa shape index (κ3) is 40.5. The van der Waals surface area contributed by atoms with E-state index in [-0.39, 0.29) is 26.1 Å². The summed E-state index contributed by atoms with van der Waals surface area (Å²) in [5, 5.41) is 20.2. The zero-order valence-corrected chi connectivity index (χ0v) is 37.4. The summed E-state index contributed by atoms with van der Waals surface area (Å²) in [5.74, 6) is -1.03. The summed E-state index contributed by atoms with van der Waals surface area (Å²) < 4.78 is 34.1. The lowest BCUT2D eigenvalue weighted by molar-refractivity contribution is -0.870. The number of phosphoric ester groups is 1. The highest BCUT2D eigenvalue weighted by atomic mass is 31.2. The van der Waals surface area contributed by atoms with E-state index in [0.717, 1.165) is 44.9 Å². The number of nitrogens with zero attached hydrogens (tertiary/aromatic N) is 1. The van der Waals surface area contributed by atoms with Crippen molar-refractivity contribution in [3.8, 4) is 0 Å². The highest BCUT2D eigenvalue weighted by Gasteiger charge is 2.27. The maximum atomic E-state index is 12.7. The maximum absolute atomic E-state index is 12.7. The number of aliphatic hydroxyl groups is 2. The maximum Gasteiger partial charge on any atom is 0.472 e. The summed E-state index contributed by atoms with van der Waals surface area (Å²) in [7, 11) is 1.33. The summed E-state index contributed by atoms with van der Waals surface area (Å²) in [5.41, 5.74) is 0. The molecule has 0 aromatic rings. The molecule has 11 nitrogen and oxygen atoms in total. The molecule has 0 aliphatic heterocycles. The van der Waals surface area contributed by atoms with Crippen molar-refractivity contribution in [3.05, 3.63) is 48.6 Å². The van der Waals surface area contributed by atoms with Crippen molar-refractivity contribution >= 4 is 19.8 Å². The van der Waals surface area contributed by atoms with Crippen LogP contribution in [0.15, 0.2) is 48.6 Å². The van der Waals surface area contributed by atoms with Gasteiger partial charge in [-0.2, -0.15) is 0 Å². The Morgan fingerprint density at radius 2 is 1.09 bits per heavy atom. The molecule has 4 atom stereocenters. The van der Waals surface area contributed by atoms with Gasteiger partial charge in [-0.05, 0) is 32.1 Å². The first kappa shape index (κ1) is 54.9. The lowest BCUT2D eigenvalue weighted by Crippen LogP contribution is -2.37. The van der Waals surface area contributed by atoms with Crippen LogP contribution in [0.3, 0.4) is 0 Å². The van der Waals surface area contributed by atoms with Crippen molar-refractivity contribution in [2.75, 3.05) is 47.5 Å². The van der Waals surface area contributed by atoms with E-state index < -0.39 is 44.7 Å². The first-order valence-electron chi connectivity index (χ1n) is 22.1. The number of likely N-dealkylation sites (N-methyl/N-ethyl adjacent to an activating group) is 1. The molecule has 0 fully saturated rings. The number of hydrogen-bond donors (Lipinski definition) is 3. The van der Waals surface area contributed by atoms with E-state index >= 15 is 0 Å². The van der Waals surface area contributed by atoms with E-state index in [4.69, 9.17) is 18.5 Å². The van der Waals surface area contributed by atoms with Gasteiger partial charge >= 0.3 is 19.8 Å². The molecule has 0 radical (unpaired) electrons. The number of esters is 2. The van der Waals surface area contributed by atoms with Gasteiger partial charge in [0.05, 0.1) is 40.0 Å². The predicted molar refractivity (Wildman–Crippen MR) is 232 cm³/mol. The quantitative estimate of drug-likeness (QED) is 0.0180. The fraction of sp³-hybridized carbons (Fsp3) is 0.778. The minimum atomic E-state index is -4.44. The van der Waals surface area contributed by atoms with Crippen LogP contribution in [-0.2, 0) is 32.7 Å². The fourth-order valence-electron chi connectivity index (χ4n) is 5.76. The van der Waals surface area contributed by atoms with Crippen LogP contribution in [0.5, 0.6) is 0 Å². The van der Waals surface area contributed by atoms with Crippen molar-refractivity contribution in [2.45, 2.75) is 180 Å². The Bertz CT molecular complexity index is 1150. The van der Waals surface area contributed by atoms with E-state index in [1.165, 1.54) is 64.2 Å². The fourth-order valence-corrected chi connectivity index (χ4v) is 6.50. The van der Waals surface area contributed by atoms with Crippen LogP contribution in [0.4, 0.5) is 0 Å². The average Bonchev–Trinajstić information content (AvgIpc) is 3.14. The molecular weight excluding hydrogens is 745 g/mol. The number of carbonyl (C=O) groups is 2.